The van der Waals surface area contributed by atoms with Crippen molar-refractivity contribution in [2.75, 3.05) is 0 Å². The molecule has 0 saturated carbocycles. The van der Waals surface area contributed by atoms with E-state index in [0.717, 1.165) is 0 Å². The highest BCUT2D eigenvalue weighted by Gasteiger charge is 2.14. The van der Waals surface area contributed by atoms with E-state index in [1.807, 2.05) is 51.1 Å². The Morgan fingerprint density at radius 3 is 1.08 bits per heavy atom. The molecule has 0 bridgehead atoms. The molecule has 0 nitrogen and oxygen atoms in total. The quantitative estimate of drug-likeness (QED) is 0.460. The van der Waals surface area contributed by atoms with Crippen molar-refractivity contribution in [2.24, 2.45) is 0 Å². The van der Waals surface area contributed by atoms with Gasteiger partial charge < -0.3 is 0 Å². The first-order valence-electron chi connectivity index (χ1n) is 4.07. The first-order valence-corrected chi connectivity index (χ1v) is 10.2. The van der Waals surface area contributed by atoms with Gasteiger partial charge in [0.2, 0.25) is 0 Å². The maximum atomic E-state index is 2.24. The molecule has 0 unspecified atom stereocenters. The van der Waals surface area contributed by atoms with Crippen LogP contribution in [0.15, 0.2) is 0 Å². The van der Waals surface area contributed by atoms with Crippen LogP contribution in [0.25, 0.3) is 0 Å². The Hall–Kier alpha value is 1.75. The summed E-state index contributed by atoms with van der Waals surface area (Å²) in [7, 11) is 9.48. The third kappa shape index (κ3) is 13.8. The van der Waals surface area contributed by atoms with Crippen LogP contribution in [0.1, 0.15) is 41.5 Å². The summed E-state index contributed by atoms with van der Waals surface area (Å²) < 4.78 is 0.731. The molecule has 0 radical (unpaired) electrons. The van der Waals surface area contributed by atoms with Crippen molar-refractivity contribution < 1.29 is 0 Å². The molecule has 0 fully saturated rings. The average Bonchev–Trinajstić information content (AvgIpc) is 1.81. The summed E-state index contributed by atoms with van der Waals surface area (Å²) in [5, 5.41) is 0. The van der Waals surface area contributed by atoms with Crippen LogP contribution in [0.4, 0.5) is 0 Å². The molecule has 0 amide bonds. The summed E-state index contributed by atoms with van der Waals surface area (Å²) >= 11 is 0. The van der Waals surface area contributed by atoms with Gasteiger partial charge in [0.05, 0.1) is 0 Å². The van der Waals surface area contributed by atoms with Crippen LogP contribution in [0, 0.1) is 0 Å². The Kier molecular flexibility index (Phi) is 7.21. The SMILES string of the molecule is CC(C)(C)SSSSSC(C)(C)C. The smallest absolute Gasteiger partial charge is 0.0187 e. The minimum absolute atomic E-state index is 0.366. The maximum absolute atomic E-state index is 2.24. The summed E-state index contributed by atoms with van der Waals surface area (Å²) in [5.41, 5.74) is 0. The third-order valence-electron chi connectivity index (χ3n) is 0.624. The molecule has 0 aromatic heterocycles. The lowest BCUT2D eigenvalue weighted by Crippen LogP contribution is -2.04. The lowest BCUT2D eigenvalue weighted by atomic mass is 10.3. The van der Waals surface area contributed by atoms with Gasteiger partial charge in [-0.1, -0.05) is 63.1 Å². The number of hydrogen-bond acceptors (Lipinski definition) is 5. The molecule has 0 aliphatic heterocycles. The van der Waals surface area contributed by atoms with Crippen LogP contribution in [0.2, 0.25) is 0 Å². The summed E-state index contributed by atoms with van der Waals surface area (Å²) in [4.78, 5) is 0. The van der Waals surface area contributed by atoms with Crippen LogP contribution in [-0.4, -0.2) is 9.49 Å². The highest BCUT2D eigenvalue weighted by atomic mass is 33.8. The van der Waals surface area contributed by atoms with Crippen LogP contribution in [0.5, 0.6) is 0 Å². The minimum atomic E-state index is 0.366. The maximum Gasteiger partial charge on any atom is 0.0187 e. The number of rotatable bonds is 4. The molecular weight excluding hydrogens is 256 g/mol. The summed E-state index contributed by atoms with van der Waals surface area (Å²) in [6.45, 7) is 13.5. The Balaban J connectivity index is 3.28. The fourth-order valence-electron chi connectivity index (χ4n) is 0.243. The standard InChI is InChI=1S/C8H18S5/c1-7(2,3)9-11-13-12-10-8(4,5)6/h1-6H3. The van der Waals surface area contributed by atoms with Crippen LogP contribution in [0.3, 0.4) is 0 Å². The predicted molar refractivity (Wildman–Crippen MR) is 77.5 cm³/mol. The zero-order valence-electron chi connectivity index (χ0n) is 9.04. The zero-order chi connectivity index (χ0) is 10.5. The van der Waals surface area contributed by atoms with Crippen molar-refractivity contribution in [1.82, 2.24) is 0 Å². The van der Waals surface area contributed by atoms with Gasteiger partial charge in [-0.2, -0.15) is 0 Å². The van der Waals surface area contributed by atoms with Crippen LogP contribution >= 0.6 is 51.1 Å². The van der Waals surface area contributed by atoms with E-state index in [-0.39, 0.29) is 0 Å². The normalized spacial score (nSPS) is 13.4. The molecule has 80 valence electrons. The largest absolute Gasteiger partial charge is 0.0757 e. The van der Waals surface area contributed by atoms with Gasteiger partial charge >= 0.3 is 0 Å². The molecule has 13 heavy (non-hydrogen) atoms. The monoisotopic (exact) mass is 274 g/mol. The van der Waals surface area contributed by atoms with Crippen molar-refractivity contribution >= 4 is 51.1 Å². The van der Waals surface area contributed by atoms with Crippen molar-refractivity contribution in [1.29, 1.82) is 0 Å². The summed E-state index contributed by atoms with van der Waals surface area (Å²) in [6.07, 6.45) is 0. The zero-order valence-corrected chi connectivity index (χ0v) is 13.1. The van der Waals surface area contributed by atoms with Crippen molar-refractivity contribution in [3.8, 4) is 0 Å². The van der Waals surface area contributed by atoms with E-state index in [4.69, 9.17) is 0 Å². The van der Waals surface area contributed by atoms with Gasteiger partial charge in [0.15, 0.2) is 0 Å². The van der Waals surface area contributed by atoms with Gasteiger partial charge in [-0.25, -0.2) is 0 Å². The minimum Gasteiger partial charge on any atom is -0.0757 e. The number of hydrogen-bond donors (Lipinski definition) is 0. The second kappa shape index (κ2) is 6.36. The van der Waals surface area contributed by atoms with E-state index < -0.39 is 0 Å². The Bertz CT molecular complexity index is 116. The Morgan fingerprint density at radius 2 is 0.846 bits per heavy atom. The van der Waals surface area contributed by atoms with Crippen molar-refractivity contribution in [3.63, 3.8) is 0 Å². The molecule has 0 heterocycles. The molecule has 0 aliphatic rings. The predicted octanol–water partition coefficient (Wildman–Crippen LogP) is 5.91. The van der Waals surface area contributed by atoms with Gasteiger partial charge in [0.1, 0.15) is 0 Å². The highest BCUT2D eigenvalue weighted by molar-refractivity contribution is 9.35. The molecule has 0 N–H and O–H groups in total. The first kappa shape index (κ1) is 14.8. The van der Waals surface area contributed by atoms with E-state index in [2.05, 4.69) is 41.5 Å². The van der Waals surface area contributed by atoms with Crippen LogP contribution in [-0.2, 0) is 0 Å². The Morgan fingerprint density at radius 1 is 0.538 bits per heavy atom. The second-order valence-corrected chi connectivity index (χ2v) is 13.7. The van der Waals surface area contributed by atoms with Gasteiger partial charge in [0.25, 0.3) is 0 Å². The van der Waals surface area contributed by atoms with Crippen molar-refractivity contribution in [3.05, 3.63) is 0 Å². The van der Waals surface area contributed by atoms with Gasteiger partial charge in [0, 0.05) is 9.49 Å². The fourth-order valence-corrected chi connectivity index (χ4v) is 10.5. The Labute approximate surface area is 102 Å². The molecule has 0 aliphatic carbocycles. The molecular formula is C8H18S5. The summed E-state index contributed by atoms with van der Waals surface area (Å²) in [6, 6.07) is 0. The van der Waals surface area contributed by atoms with E-state index in [0.29, 0.717) is 9.49 Å². The fraction of sp³-hybridized carbons (Fsp3) is 1.00. The molecule has 0 spiro atoms. The van der Waals surface area contributed by atoms with E-state index >= 15 is 0 Å². The first-order chi connectivity index (χ1) is 5.71. The van der Waals surface area contributed by atoms with Crippen molar-refractivity contribution in [2.45, 2.75) is 51.0 Å². The molecule has 0 aromatic rings. The lowest BCUT2D eigenvalue weighted by Gasteiger charge is -2.17. The van der Waals surface area contributed by atoms with Gasteiger partial charge in [-0.3, -0.25) is 0 Å². The highest BCUT2D eigenvalue weighted by Crippen LogP contribution is 2.54. The van der Waals surface area contributed by atoms with E-state index in [1.165, 1.54) is 0 Å². The summed E-state index contributed by atoms with van der Waals surface area (Å²) in [5.74, 6) is 0. The van der Waals surface area contributed by atoms with Gasteiger partial charge in [-0.05, 0) is 29.5 Å². The van der Waals surface area contributed by atoms with E-state index in [9.17, 15) is 0 Å². The molecule has 0 aromatic carbocycles. The molecule has 5 heteroatoms. The second-order valence-electron chi connectivity index (χ2n) is 4.60. The van der Waals surface area contributed by atoms with Gasteiger partial charge in [-0.15, -0.1) is 0 Å². The topological polar surface area (TPSA) is 0 Å². The molecule has 0 atom stereocenters. The van der Waals surface area contributed by atoms with E-state index in [1.54, 1.807) is 0 Å². The molecule has 0 rings (SSSR count). The lowest BCUT2D eigenvalue weighted by molar-refractivity contribution is 0.810. The third-order valence-corrected chi connectivity index (χ3v) is 10.8. The van der Waals surface area contributed by atoms with Crippen LogP contribution < -0.4 is 0 Å². The average molecular weight is 275 g/mol. The molecule has 0 saturated heterocycles.